The molecule has 0 N–H and O–H groups in total. The van der Waals surface area contributed by atoms with Crippen LogP contribution in [-0.4, -0.2) is 26.8 Å². The Morgan fingerprint density at radius 2 is 2.37 bits per heavy atom. The zero-order valence-corrected chi connectivity index (χ0v) is 11.6. The largest absolute Gasteiger partial charge is 0.330 e. The highest BCUT2D eigenvalue weighted by molar-refractivity contribution is 7.09. The molecule has 2 aromatic rings. The van der Waals surface area contributed by atoms with E-state index < -0.39 is 0 Å². The molecule has 2 aromatic heterocycles. The van der Waals surface area contributed by atoms with Gasteiger partial charge in [-0.3, -0.25) is 9.78 Å². The third-order valence-corrected chi connectivity index (χ3v) is 3.94. The number of aromatic nitrogens is 2. The van der Waals surface area contributed by atoms with Gasteiger partial charge in [0.1, 0.15) is 5.69 Å². The molecule has 0 saturated heterocycles. The first kappa shape index (κ1) is 12.3. The van der Waals surface area contributed by atoms with Crippen LogP contribution >= 0.6 is 11.3 Å². The van der Waals surface area contributed by atoms with Crippen LogP contribution in [0.5, 0.6) is 0 Å². The van der Waals surface area contributed by atoms with Gasteiger partial charge in [0.25, 0.3) is 5.91 Å². The molecule has 1 amide bonds. The van der Waals surface area contributed by atoms with Crippen LogP contribution < -0.4 is 0 Å². The van der Waals surface area contributed by atoms with Gasteiger partial charge < -0.3 is 4.90 Å². The van der Waals surface area contributed by atoms with Crippen molar-refractivity contribution in [1.82, 2.24) is 14.9 Å². The van der Waals surface area contributed by atoms with Crippen molar-refractivity contribution >= 4 is 17.2 Å². The lowest BCUT2D eigenvalue weighted by Gasteiger charge is -2.21. The van der Waals surface area contributed by atoms with Crippen molar-refractivity contribution in [3.8, 4) is 0 Å². The Kier molecular flexibility index (Phi) is 3.29. The van der Waals surface area contributed by atoms with Gasteiger partial charge >= 0.3 is 0 Å². The number of hydrogen-bond acceptors (Lipinski definition) is 4. The quantitative estimate of drug-likeness (QED) is 0.860. The fourth-order valence-corrected chi connectivity index (χ4v) is 2.64. The Labute approximate surface area is 116 Å². The Balaban J connectivity index is 1.79. The number of nitrogens with zero attached hydrogens (tertiary/aromatic N) is 3. The number of rotatable bonds is 4. The van der Waals surface area contributed by atoms with Crippen LogP contribution in [0.2, 0.25) is 0 Å². The molecule has 98 valence electrons. The molecule has 1 fully saturated rings. The lowest BCUT2D eigenvalue weighted by atomic mass is 10.2. The van der Waals surface area contributed by atoms with E-state index in [1.165, 1.54) is 11.3 Å². The topological polar surface area (TPSA) is 46.1 Å². The van der Waals surface area contributed by atoms with E-state index in [2.05, 4.69) is 9.97 Å². The molecular weight excluding hydrogens is 258 g/mol. The van der Waals surface area contributed by atoms with Gasteiger partial charge in [0, 0.05) is 30.4 Å². The average Bonchev–Trinajstić information content (AvgIpc) is 3.18. The van der Waals surface area contributed by atoms with Gasteiger partial charge in [-0.15, -0.1) is 11.3 Å². The minimum absolute atomic E-state index is 0.0377. The molecule has 1 saturated carbocycles. The Hall–Kier alpha value is -1.75. The maximum Gasteiger partial charge on any atom is 0.273 e. The van der Waals surface area contributed by atoms with E-state index in [1.807, 2.05) is 35.5 Å². The molecule has 1 aliphatic carbocycles. The van der Waals surface area contributed by atoms with E-state index in [-0.39, 0.29) is 5.91 Å². The first-order valence-corrected chi connectivity index (χ1v) is 7.24. The summed E-state index contributed by atoms with van der Waals surface area (Å²) in [5.41, 5.74) is 1.63. The monoisotopic (exact) mass is 273 g/mol. The van der Waals surface area contributed by atoms with E-state index in [0.29, 0.717) is 18.3 Å². The maximum atomic E-state index is 12.5. The molecule has 0 atom stereocenters. The second-order valence-electron chi connectivity index (χ2n) is 4.78. The second kappa shape index (κ2) is 5.09. The number of carbonyl (C=O) groups excluding carboxylic acids is 1. The van der Waals surface area contributed by atoms with Crippen molar-refractivity contribution in [3.05, 3.63) is 46.2 Å². The summed E-state index contributed by atoms with van der Waals surface area (Å²) in [4.78, 5) is 22.8. The van der Waals surface area contributed by atoms with Crippen LogP contribution in [0, 0.1) is 6.92 Å². The minimum atomic E-state index is 0.0377. The van der Waals surface area contributed by atoms with Crippen LogP contribution in [0.15, 0.2) is 29.9 Å². The standard InChI is InChI=1S/C14H15N3OS/c1-10-16-13(9-19-10)14(18)17(12-4-5-12)8-11-3-2-6-15-7-11/h2-3,6-7,9,12H,4-5,8H2,1H3. The predicted octanol–water partition coefficient (Wildman–Crippen LogP) is 2.65. The molecule has 2 heterocycles. The maximum absolute atomic E-state index is 12.5. The summed E-state index contributed by atoms with van der Waals surface area (Å²) in [5.74, 6) is 0.0377. The number of aryl methyl sites for hydroxylation is 1. The Morgan fingerprint density at radius 3 is 2.95 bits per heavy atom. The lowest BCUT2D eigenvalue weighted by molar-refractivity contribution is 0.0724. The van der Waals surface area contributed by atoms with Crippen molar-refractivity contribution < 1.29 is 4.79 Å². The average molecular weight is 273 g/mol. The summed E-state index contributed by atoms with van der Waals surface area (Å²) in [6.07, 6.45) is 5.75. The van der Waals surface area contributed by atoms with E-state index in [4.69, 9.17) is 0 Å². The predicted molar refractivity (Wildman–Crippen MR) is 74.0 cm³/mol. The fraction of sp³-hybridized carbons (Fsp3) is 0.357. The van der Waals surface area contributed by atoms with Crippen LogP contribution in [0.4, 0.5) is 0 Å². The minimum Gasteiger partial charge on any atom is -0.330 e. The molecule has 19 heavy (non-hydrogen) atoms. The van der Waals surface area contributed by atoms with Crippen molar-refractivity contribution in [1.29, 1.82) is 0 Å². The highest BCUT2D eigenvalue weighted by Crippen LogP contribution is 2.29. The summed E-state index contributed by atoms with van der Waals surface area (Å²) in [5, 5.41) is 2.77. The molecule has 4 nitrogen and oxygen atoms in total. The summed E-state index contributed by atoms with van der Waals surface area (Å²) >= 11 is 1.52. The number of pyridine rings is 1. The van der Waals surface area contributed by atoms with Crippen molar-refractivity contribution in [3.63, 3.8) is 0 Å². The van der Waals surface area contributed by atoms with E-state index in [1.54, 1.807) is 6.20 Å². The summed E-state index contributed by atoms with van der Waals surface area (Å²) in [7, 11) is 0. The van der Waals surface area contributed by atoms with Crippen molar-refractivity contribution in [2.75, 3.05) is 0 Å². The van der Waals surface area contributed by atoms with Crippen LogP contribution in [0.25, 0.3) is 0 Å². The highest BCUT2D eigenvalue weighted by atomic mass is 32.1. The van der Waals surface area contributed by atoms with Crippen molar-refractivity contribution in [2.45, 2.75) is 32.4 Å². The normalized spacial score (nSPS) is 14.4. The van der Waals surface area contributed by atoms with Gasteiger partial charge in [0.2, 0.25) is 0 Å². The molecule has 3 rings (SSSR count). The van der Waals surface area contributed by atoms with E-state index in [9.17, 15) is 4.79 Å². The zero-order chi connectivity index (χ0) is 13.2. The van der Waals surface area contributed by atoms with Crippen LogP contribution in [0.3, 0.4) is 0 Å². The molecule has 0 spiro atoms. The van der Waals surface area contributed by atoms with Gasteiger partial charge in [-0.05, 0) is 31.4 Å². The van der Waals surface area contributed by atoms with Gasteiger partial charge in [-0.2, -0.15) is 0 Å². The third kappa shape index (κ3) is 2.81. The number of hydrogen-bond donors (Lipinski definition) is 0. The Morgan fingerprint density at radius 1 is 1.53 bits per heavy atom. The van der Waals surface area contributed by atoms with Crippen LogP contribution in [-0.2, 0) is 6.54 Å². The van der Waals surface area contributed by atoms with Gasteiger partial charge in [-0.25, -0.2) is 4.98 Å². The summed E-state index contributed by atoms with van der Waals surface area (Å²) < 4.78 is 0. The van der Waals surface area contributed by atoms with E-state index >= 15 is 0 Å². The first-order chi connectivity index (χ1) is 9.24. The van der Waals surface area contributed by atoms with Gasteiger partial charge in [-0.1, -0.05) is 6.07 Å². The van der Waals surface area contributed by atoms with Gasteiger partial charge in [0.15, 0.2) is 0 Å². The summed E-state index contributed by atoms with van der Waals surface area (Å²) in [6, 6.07) is 4.27. The number of thiazole rings is 1. The van der Waals surface area contributed by atoms with E-state index in [0.717, 1.165) is 23.4 Å². The Bertz CT molecular complexity index is 577. The molecule has 0 radical (unpaired) electrons. The fourth-order valence-electron chi connectivity index (χ4n) is 2.05. The molecule has 0 bridgehead atoms. The molecule has 5 heteroatoms. The zero-order valence-electron chi connectivity index (χ0n) is 10.7. The highest BCUT2D eigenvalue weighted by Gasteiger charge is 2.33. The number of carbonyl (C=O) groups is 1. The van der Waals surface area contributed by atoms with Crippen molar-refractivity contribution in [2.24, 2.45) is 0 Å². The molecule has 0 unspecified atom stereocenters. The molecule has 0 aromatic carbocycles. The molecular formula is C14H15N3OS. The second-order valence-corrected chi connectivity index (χ2v) is 5.84. The summed E-state index contributed by atoms with van der Waals surface area (Å²) in [6.45, 7) is 2.54. The van der Waals surface area contributed by atoms with Gasteiger partial charge in [0.05, 0.1) is 5.01 Å². The van der Waals surface area contributed by atoms with Crippen LogP contribution in [0.1, 0.15) is 33.9 Å². The SMILES string of the molecule is Cc1nc(C(=O)N(Cc2cccnc2)C2CC2)cs1. The molecule has 1 aliphatic rings. The molecule has 0 aliphatic heterocycles. The first-order valence-electron chi connectivity index (χ1n) is 6.36. The third-order valence-electron chi connectivity index (χ3n) is 3.16. The number of amides is 1. The smallest absolute Gasteiger partial charge is 0.273 e. The lowest BCUT2D eigenvalue weighted by Crippen LogP contribution is -2.32.